The molecule has 0 radical (unpaired) electrons. The second-order valence-electron chi connectivity index (χ2n) is 14.7. The fourth-order valence-corrected chi connectivity index (χ4v) is 10.1. The zero-order chi connectivity index (χ0) is 26.5. The predicted molar refractivity (Wildman–Crippen MR) is 139 cm³/mol. The summed E-state index contributed by atoms with van der Waals surface area (Å²) in [5.74, 6) is -0.254. The molecule has 5 aliphatic carbocycles. The molecule has 0 aromatic heterocycles. The largest absolute Gasteiger partial charge is 0.481 e. The van der Waals surface area contributed by atoms with E-state index in [1.807, 2.05) is 19.1 Å². The highest BCUT2D eigenvalue weighted by Crippen LogP contribution is 2.74. The smallest absolute Gasteiger partial charge is 0.313 e. The van der Waals surface area contributed by atoms with Gasteiger partial charge in [-0.15, -0.1) is 0 Å². The van der Waals surface area contributed by atoms with Crippen molar-refractivity contribution in [2.45, 2.75) is 106 Å². The van der Waals surface area contributed by atoms with E-state index >= 15 is 0 Å². The molecule has 0 amide bonds. The zero-order valence-electron chi connectivity index (χ0n) is 23.4. The molecule has 5 rings (SSSR count). The number of aliphatic carboxylic acids is 1. The van der Waals surface area contributed by atoms with Gasteiger partial charge >= 0.3 is 5.97 Å². The first-order chi connectivity index (χ1) is 16.6. The fraction of sp³-hybridized carbons (Fsp3) is 0.806. The van der Waals surface area contributed by atoms with Crippen molar-refractivity contribution in [3.05, 3.63) is 23.3 Å². The summed E-state index contributed by atoms with van der Waals surface area (Å²) in [7, 11) is 0. The van der Waals surface area contributed by atoms with Gasteiger partial charge < -0.3 is 14.9 Å². The standard InChI is InChI=1S/C31H46O5/c1-26(2)22-8-11-31(7)24(29(22,5)10-9-23(26)36-18-32)21(33)16-19-20-17-28(4,25(34)35)13-12-27(20,3)14-15-30(19,31)6/h16-17,22-24,32H,8-15,18H2,1-7H3,(H,34,35). The molecule has 0 saturated heterocycles. The number of aliphatic hydroxyl groups is 1. The zero-order valence-corrected chi connectivity index (χ0v) is 23.4. The van der Waals surface area contributed by atoms with Crippen LogP contribution in [0.15, 0.2) is 23.3 Å². The number of rotatable bonds is 3. The molecule has 0 aromatic rings. The van der Waals surface area contributed by atoms with Crippen LogP contribution in [0.5, 0.6) is 0 Å². The van der Waals surface area contributed by atoms with E-state index in [0.717, 1.165) is 56.1 Å². The fourth-order valence-electron chi connectivity index (χ4n) is 10.1. The van der Waals surface area contributed by atoms with Crippen molar-refractivity contribution in [3.63, 3.8) is 0 Å². The van der Waals surface area contributed by atoms with Gasteiger partial charge in [-0.1, -0.05) is 47.6 Å². The second kappa shape index (κ2) is 7.79. The Morgan fingerprint density at radius 1 is 0.944 bits per heavy atom. The Balaban J connectivity index is 1.63. The maximum absolute atomic E-state index is 14.3. The molecule has 0 bridgehead atoms. The summed E-state index contributed by atoms with van der Waals surface area (Å²) in [6, 6.07) is 0. The van der Waals surface area contributed by atoms with E-state index in [2.05, 4.69) is 41.5 Å². The summed E-state index contributed by atoms with van der Waals surface area (Å²) in [6.45, 7) is 15.5. The van der Waals surface area contributed by atoms with E-state index in [-0.39, 0.29) is 51.7 Å². The van der Waals surface area contributed by atoms with Crippen LogP contribution in [0.1, 0.15) is 99.8 Å². The summed E-state index contributed by atoms with van der Waals surface area (Å²) >= 11 is 0. The predicted octanol–water partition coefficient (Wildman–Crippen LogP) is 6.31. The molecule has 200 valence electrons. The Morgan fingerprint density at radius 3 is 2.25 bits per heavy atom. The van der Waals surface area contributed by atoms with Crippen molar-refractivity contribution >= 4 is 11.8 Å². The number of allylic oxidation sites excluding steroid dienone is 3. The molecular formula is C31H46O5. The summed E-state index contributed by atoms with van der Waals surface area (Å²) < 4.78 is 5.80. The Bertz CT molecular complexity index is 1060. The Labute approximate surface area is 216 Å². The van der Waals surface area contributed by atoms with Gasteiger partial charge in [0.1, 0.15) is 6.79 Å². The molecular weight excluding hydrogens is 452 g/mol. The van der Waals surface area contributed by atoms with Gasteiger partial charge in [0.15, 0.2) is 5.78 Å². The lowest BCUT2D eigenvalue weighted by molar-refractivity contribution is -0.215. The van der Waals surface area contributed by atoms with Crippen molar-refractivity contribution in [2.75, 3.05) is 6.79 Å². The molecule has 3 fully saturated rings. The number of carboxylic acids is 1. The molecule has 5 nitrogen and oxygen atoms in total. The number of hydrogen-bond acceptors (Lipinski definition) is 4. The van der Waals surface area contributed by atoms with E-state index in [0.29, 0.717) is 12.3 Å². The third-order valence-electron chi connectivity index (χ3n) is 12.7. The Hall–Kier alpha value is -1.46. The Morgan fingerprint density at radius 2 is 1.61 bits per heavy atom. The first-order valence-corrected chi connectivity index (χ1v) is 14.0. The maximum atomic E-state index is 14.3. The second-order valence-corrected chi connectivity index (χ2v) is 14.7. The molecule has 36 heavy (non-hydrogen) atoms. The van der Waals surface area contributed by atoms with Crippen LogP contribution in [0.4, 0.5) is 0 Å². The molecule has 5 heteroatoms. The van der Waals surface area contributed by atoms with Gasteiger partial charge in [0.25, 0.3) is 0 Å². The van der Waals surface area contributed by atoms with Gasteiger partial charge in [-0.3, -0.25) is 9.59 Å². The van der Waals surface area contributed by atoms with Crippen LogP contribution >= 0.6 is 0 Å². The minimum atomic E-state index is -0.881. The molecule has 0 aromatic carbocycles. The average molecular weight is 499 g/mol. The van der Waals surface area contributed by atoms with Crippen LogP contribution in [0.2, 0.25) is 0 Å². The highest BCUT2D eigenvalue weighted by Gasteiger charge is 2.69. The maximum Gasteiger partial charge on any atom is 0.313 e. The normalized spacial score (nSPS) is 49.6. The van der Waals surface area contributed by atoms with Crippen LogP contribution < -0.4 is 0 Å². The van der Waals surface area contributed by atoms with Gasteiger partial charge in [-0.05, 0) is 109 Å². The van der Waals surface area contributed by atoms with Gasteiger partial charge in [0, 0.05) is 5.92 Å². The lowest BCUT2D eigenvalue weighted by Crippen LogP contribution is -2.66. The lowest BCUT2D eigenvalue weighted by atomic mass is 9.34. The average Bonchev–Trinajstić information content (AvgIpc) is 2.78. The van der Waals surface area contributed by atoms with E-state index in [1.54, 1.807) is 0 Å². The highest BCUT2D eigenvalue weighted by atomic mass is 16.6. The van der Waals surface area contributed by atoms with Crippen LogP contribution in [0.25, 0.3) is 0 Å². The minimum Gasteiger partial charge on any atom is -0.481 e. The van der Waals surface area contributed by atoms with Gasteiger partial charge in [-0.25, -0.2) is 0 Å². The van der Waals surface area contributed by atoms with Crippen molar-refractivity contribution in [2.24, 2.45) is 44.3 Å². The number of carbonyl (C=O) groups excluding carboxylic acids is 1. The lowest BCUT2D eigenvalue weighted by Gasteiger charge is -2.69. The van der Waals surface area contributed by atoms with E-state index in [9.17, 15) is 19.8 Å². The van der Waals surface area contributed by atoms with Gasteiger partial charge in [0.2, 0.25) is 0 Å². The van der Waals surface area contributed by atoms with Crippen molar-refractivity contribution < 1.29 is 24.5 Å². The summed E-state index contributed by atoms with van der Waals surface area (Å²) in [5, 5.41) is 19.5. The monoisotopic (exact) mass is 498 g/mol. The van der Waals surface area contributed by atoms with E-state index in [4.69, 9.17) is 4.74 Å². The number of ketones is 1. The third-order valence-corrected chi connectivity index (χ3v) is 12.7. The first-order valence-electron chi connectivity index (χ1n) is 14.0. The first kappa shape index (κ1) is 26.2. The van der Waals surface area contributed by atoms with Crippen LogP contribution in [0.3, 0.4) is 0 Å². The third kappa shape index (κ3) is 3.14. The SMILES string of the molecule is CC1(C(=O)O)C=C2C3=CC(=O)C4C5(C)CCC(OCO)C(C)(C)C5CCC4(C)C3(C)CCC2(C)CC1. The molecule has 8 unspecified atom stereocenters. The molecule has 3 saturated carbocycles. The van der Waals surface area contributed by atoms with Crippen molar-refractivity contribution in [1.29, 1.82) is 0 Å². The number of fused-ring (bicyclic) bond motifs is 7. The van der Waals surface area contributed by atoms with E-state index in [1.165, 1.54) is 0 Å². The molecule has 0 aliphatic heterocycles. The van der Waals surface area contributed by atoms with E-state index < -0.39 is 11.4 Å². The molecule has 2 N–H and O–H groups in total. The molecule has 0 spiro atoms. The van der Waals surface area contributed by atoms with Crippen LogP contribution in [-0.2, 0) is 14.3 Å². The number of ether oxygens (including phenoxy) is 1. The molecule has 5 aliphatic rings. The van der Waals surface area contributed by atoms with Crippen molar-refractivity contribution in [3.8, 4) is 0 Å². The topological polar surface area (TPSA) is 83.8 Å². The molecule has 8 atom stereocenters. The number of hydrogen-bond donors (Lipinski definition) is 2. The number of carbonyl (C=O) groups is 2. The highest BCUT2D eigenvalue weighted by molar-refractivity contribution is 5.96. The summed E-state index contributed by atoms with van der Waals surface area (Å²) in [4.78, 5) is 26.5. The van der Waals surface area contributed by atoms with Crippen molar-refractivity contribution in [1.82, 2.24) is 0 Å². The van der Waals surface area contributed by atoms with Gasteiger partial charge in [-0.2, -0.15) is 0 Å². The quantitative estimate of drug-likeness (QED) is 0.446. The van der Waals surface area contributed by atoms with Gasteiger partial charge in [0.05, 0.1) is 11.5 Å². The summed E-state index contributed by atoms with van der Waals surface area (Å²) in [5.41, 5.74) is 0.719. The van der Waals surface area contributed by atoms with Crippen LogP contribution in [0, 0.1) is 44.3 Å². The number of carboxylic acid groups (broad SMARTS) is 1. The van der Waals surface area contributed by atoms with Crippen LogP contribution in [-0.4, -0.2) is 34.9 Å². The minimum absolute atomic E-state index is 0.00166. The number of aliphatic hydroxyl groups excluding tert-OH is 1. The molecule has 0 heterocycles. The Kier molecular flexibility index (Phi) is 5.66. The summed E-state index contributed by atoms with van der Waals surface area (Å²) in [6.07, 6.45) is 11.4.